The van der Waals surface area contributed by atoms with E-state index in [2.05, 4.69) is 6.58 Å². The number of hydrogen-bond acceptors (Lipinski definition) is 3. The van der Waals surface area contributed by atoms with E-state index in [0.29, 0.717) is 5.75 Å². The molecule has 1 aromatic carbocycles. The van der Waals surface area contributed by atoms with Crippen molar-refractivity contribution in [2.24, 2.45) is 0 Å². The number of ether oxygens (including phenoxy) is 1. The highest BCUT2D eigenvalue weighted by Crippen LogP contribution is 2.28. The molecular weight excluding hydrogens is 218 g/mol. The summed E-state index contributed by atoms with van der Waals surface area (Å²) in [6, 6.07) is 4.23. The Morgan fingerprint density at radius 3 is 2.80 bits per heavy atom. The third kappa shape index (κ3) is 2.95. The SMILES string of the molecule is C=CC(C)Oc1ccc([N+](=O)[O-])c(Cl)c1. The number of benzene rings is 1. The third-order valence-corrected chi connectivity index (χ3v) is 2.07. The molecule has 0 aliphatic heterocycles. The van der Waals surface area contributed by atoms with Crippen LogP contribution in [0.4, 0.5) is 5.69 Å². The summed E-state index contributed by atoms with van der Waals surface area (Å²) in [5.41, 5.74) is -0.129. The number of nitro groups is 1. The normalized spacial score (nSPS) is 11.9. The van der Waals surface area contributed by atoms with Gasteiger partial charge in [-0.3, -0.25) is 10.1 Å². The largest absolute Gasteiger partial charge is 0.487 e. The van der Waals surface area contributed by atoms with Crippen molar-refractivity contribution >= 4 is 17.3 Å². The van der Waals surface area contributed by atoms with Crippen molar-refractivity contribution in [3.05, 3.63) is 46.0 Å². The molecule has 0 fully saturated rings. The van der Waals surface area contributed by atoms with Crippen molar-refractivity contribution in [3.8, 4) is 5.75 Å². The topological polar surface area (TPSA) is 52.4 Å². The Labute approximate surface area is 92.3 Å². The Kier molecular flexibility index (Phi) is 3.68. The van der Waals surface area contributed by atoms with E-state index >= 15 is 0 Å². The van der Waals surface area contributed by atoms with Crippen LogP contribution in [0.3, 0.4) is 0 Å². The lowest BCUT2D eigenvalue weighted by atomic mass is 10.3. The monoisotopic (exact) mass is 227 g/mol. The molecule has 0 aromatic heterocycles. The molecule has 1 unspecified atom stereocenters. The van der Waals surface area contributed by atoms with Crippen LogP contribution in [0.5, 0.6) is 5.75 Å². The zero-order valence-corrected chi connectivity index (χ0v) is 8.90. The van der Waals surface area contributed by atoms with Gasteiger partial charge in [-0.05, 0) is 13.0 Å². The third-order valence-electron chi connectivity index (χ3n) is 1.77. The smallest absolute Gasteiger partial charge is 0.288 e. The molecule has 0 saturated heterocycles. The average Bonchev–Trinajstić information content (AvgIpc) is 2.17. The second-order valence-corrected chi connectivity index (χ2v) is 3.34. The van der Waals surface area contributed by atoms with E-state index in [9.17, 15) is 10.1 Å². The van der Waals surface area contributed by atoms with Crippen LogP contribution in [0.2, 0.25) is 5.02 Å². The maximum Gasteiger partial charge on any atom is 0.288 e. The van der Waals surface area contributed by atoms with Crippen LogP contribution in [0.15, 0.2) is 30.9 Å². The Morgan fingerprint density at radius 2 is 2.33 bits per heavy atom. The predicted octanol–water partition coefficient (Wildman–Crippen LogP) is 3.20. The van der Waals surface area contributed by atoms with E-state index in [0.717, 1.165) is 0 Å². The second kappa shape index (κ2) is 4.79. The molecule has 0 aliphatic carbocycles. The van der Waals surface area contributed by atoms with Crippen molar-refractivity contribution < 1.29 is 9.66 Å². The zero-order valence-electron chi connectivity index (χ0n) is 8.14. The summed E-state index contributed by atoms with van der Waals surface area (Å²) < 4.78 is 5.35. The maximum atomic E-state index is 10.5. The molecule has 0 spiro atoms. The summed E-state index contributed by atoms with van der Waals surface area (Å²) in [4.78, 5) is 9.94. The summed E-state index contributed by atoms with van der Waals surface area (Å²) in [5.74, 6) is 0.484. The van der Waals surface area contributed by atoms with Gasteiger partial charge in [-0.15, -0.1) is 0 Å². The van der Waals surface area contributed by atoms with Gasteiger partial charge in [0.15, 0.2) is 0 Å². The van der Waals surface area contributed by atoms with Crippen LogP contribution < -0.4 is 4.74 Å². The van der Waals surface area contributed by atoms with Crippen LogP contribution in [0.1, 0.15) is 6.92 Å². The first-order chi connectivity index (χ1) is 7.04. The van der Waals surface area contributed by atoms with E-state index in [-0.39, 0.29) is 16.8 Å². The minimum Gasteiger partial charge on any atom is -0.487 e. The van der Waals surface area contributed by atoms with Gasteiger partial charge in [0.25, 0.3) is 5.69 Å². The summed E-state index contributed by atoms with van der Waals surface area (Å²) in [6.45, 7) is 5.37. The number of hydrogen-bond donors (Lipinski definition) is 0. The van der Waals surface area contributed by atoms with Crippen LogP contribution >= 0.6 is 11.6 Å². The molecule has 0 bridgehead atoms. The summed E-state index contributed by atoms with van der Waals surface area (Å²) in [6.07, 6.45) is 1.46. The molecule has 1 rings (SSSR count). The minimum absolute atomic E-state index is 0.0637. The number of nitro benzene ring substituents is 1. The molecule has 1 aromatic rings. The summed E-state index contributed by atoms with van der Waals surface area (Å²) in [5, 5.41) is 10.5. The number of halogens is 1. The second-order valence-electron chi connectivity index (χ2n) is 2.93. The number of nitrogens with zero attached hydrogens (tertiary/aromatic N) is 1. The molecule has 4 nitrogen and oxygen atoms in total. The standard InChI is InChI=1S/C10H10ClNO3/c1-3-7(2)15-8-4-5-10(12(13)14)9(11)6-8/h3-7H,1H2,2H3. The molecule has 1 atom stereocenters. The van der Waals surface area contributed by atoms with Gasteiger partial charge in [0.1, 0.15) is 16.9 Å². The van der Waals surface area contributed by atoms with Gasteiger partial charge in [-0.2, -0.15) is 0 Å². The predicted molar refractivity (Wildman–Crippen MR) is 58.4 cm³/mol. The highest BCUT2D eigenvalue weighted by atomic mass is 35.5. The molecule has 80 valence electrons. The van der Waals surface area contributed by atoms with Crippen molar-refractivity contribution in [2.75, 3.05) is 0 Å². The maximum absolute atomic E-state index is 10.5. The van der Waals surface area contributed by atoms with E-state index in [4.69, 9.17) is 16.3 Å². The molecule has 0 N–H and O–H groups in total. The van der Waals surface area contributed by atoms with Gasteiger partial charge in [-0.25, -0.2) is 0 Å². The summed E-state index contributed by atoms with van der Waals surface area (Å²) in [7, 11) is 0. The molecule has 0 aliphatic rings. The van der Waals surface area contributed by atoms with E-state index < -0.39 is 4.92 Å². The first kappa shape index (κ1) is 11.5. The van der Waals surface area contributed by atoms with Gasteiger partial charge < -0.3 is 4.74 Å². The lowest BCUT2D eigenvalue weighted by Crippen LogP contribution is -2.07. The highest BCUT2D eigenvalue weighted by Gasteiger charge is 2.12. The lowest BCUT2D eigenvalue weighted by molar-refractivity contribution is -0.384. The van der Waals surface area contributed by atoms with Gasteiger partial charge in [0.2, 0.25) is 0 Å². The number of rotatable bonds is 4. The zero-order chi connectivity index (χ0) is 11.4. The van der Waals surface area contributed by atoms with Gasteiger partial charge in [-0.1, -0.05) is 24.3 Å². The van der Waals surface area contributed by atoms with Crippen LogP contribution in [-0.4, -0.2) is 11.0 Å². The van der Waals surface area contributed by atoms with E-state index in [1.165, 1.54) is 18.2 Å². The van der Waals surface area contributed by atoms with Crippen LogP contribution in [-0.2, 0) is 0 Å². The van der Waals surface area contributed by atoms with Gasteiger partial charge in [0, 0.05) is 12.1 Å². The quantitative estimate of drug-likeness (QED) is 0.451. The summed E-state index contributed by atoms with van der Waals surface area (Å²) >= 11 is 5.70. The lowest BCUT2D eigenvalue weighted by Gasteiger charge is -2.10. The first-order valence-electron chi connectivity index (χ1n) is 4.27. The Bertz CT molecular complexity index is 392. The molecule has 0 radical (unpaired) electrons. The van der Waals surface area contributed by atoms with Crippen LogP contribution in [0.25, 0.3) is 0 Å². The van der Waals surface area contributed by atoms with Crippen LogP contribution in [0, 0.1) is 10.1 Å². The van der Waals surface area contributed by atoms with Gasteiger partial charge >= 0.3 is 0 Å². The molecule has 5 heteroatoms. The molecule has 0 heterocycles. The Morgan fingerprint density at radius 1 is 1.67 bits per heavy atom. The van der Waals surface area contributed by atoms with Crippen molar-refractivity contribution in [1.82, 2.24) is 0 Å². The fraction of sp³-hybridized carbons (Fsp3) is 0.200. The Hall–Kier alpha value is -1.55. The average molecular weight is 228 g/mol. The van der Waals surface area contributed by atoms with E-state index in [1.54, 1.807) is 6.08 Å². The van der Waals surface area contributed by atoms with E-state index in [1.807, 2.05) is 6.92 Å². The van der Waals surface area contributed by atoms with Crippen molar-refractivity contribution in [2.45, 2.75) is 13.0 Å². The molecule has 15 heavy (non-hydrogen) atoms. The molecular formula is C10H10ClNO3. The minimum atomic E-state index is -0.539. The van der Waals surface area contributed by atoms with Gasteiger partial charge in [0.05, 0.1) is 4.92 Å². The fourth-order valence-electron chi connectivity index (χ4n) is 0.972. The fourth-order valence-corrected chi connectivity index (χ4v) is 1.21. The highest BCUT2D eigenvalue weighted by molar-refractivity contribution is 6.32. The first-order valence-corrected chi connectivity index (χ1v) is 4.65. The Balaban J connectivity index is 2.91. The van der Waals surface area contributed by atoms with Crippen molar-refractivity contribution in [3.63, 3.8) is 0 Å². The molecule has 0 amide bonds. The van der Waals surface area contributed by atoms with Crippen molar-refractivity contribution in [1.29, 1.82) is 0 Å². The molecule has 0 saturated carbocycles.